The first-order valence-electron chi connectivity index (χ1n) is 3.65. The van der Waals surface area contributed by atoms with Crippen molar-refractivity contribution in [3.05, 3.63) is 12.2 Å². The fourth-order valence-electron chi connectivity index (χ4n) is 0.567. The van der Waals surface area contributed by atoms with Gasteiger partial charge in [0.25, 0.3) is 0 Å². The van der Waals surface area contributed by atoms with Gasteiger partial charge in [0.2, 0.25) is 0 Å². The minimum Gasteiger partial charge on any atom is -0.298 e. The van der Waals surface area contributed by atoms with Crippen LogP contribution in [0.2, 0.25) is 0 Å². The number of hydrogen-bond donors (Lipinski definition) is 0. The zero-order valence-corrected chi connectivity index (χ0v) is 7.09. The lowest BCUT2D eigenvalue weighted by Crippen LogP contribution is -2.15. The fourth-order valence-corrected chi connectivity index (χ4v) is 0.567. The molecular formula is C8H16N2. The van der Waals surface area contributed by atoms with Crippen molar-refractivity contribution in [2.75, 3.05) is 13.1 Å². The van der Waals surface area contributed by atoms with Crippen LogP contribution in [0.3, 0.4) is 0 Å². The molecule has 0 saturated heterocycles. The molecule has 0 aromatic heterocycles. The molecule has 0 unspecified atom stereocenters. The van der Waals surface area contributed by atoms with Gasteiger partial charge in [0.05, 0.1) is 0 Å². The summed E-state index contributed by atoms with van der Waals surface area (Å²) in [5, 5.41) is 6.15. The average Bonchev–Trinajstić information content (AvgIpc) is 1.90. The Morgan fingerprint density at radius 3 is 2.30 bits per heavy atom. The largest absolute Gasteiger partial charge is 0.298 e. The van der Waals surface area contributed by atoms with Gasteiger partial charge in [0, 0.05) is 19.3 Å². The number of hydrogen-bond acceptors (Lipinski definition) is 2. The van der Waals surface area contributed by atoms with Gasteiger partial charge in [-0.1, -0.05) is 6.58 Å². The molecule has 0 aromatic rings. The number of allylic oxidation sites excluding steroid dienone is 1. The number of nitrogens with zero attached hydrogens (tertiary/aromatic N) is 2. The van der Waals surface area contributed by atoms with E-state index in [2.05, 4.69) is 25.5 Å². The van der Waals surface area contributed by atoms with Crippen molar-refractivity contribution in [2.45, 2.75) is 20.8 Å². The number of rotatable bonds is 4. The highest BCUT2D eigenvalue weighted by Crippen LogP contribution is 1.88. The molecule has 0 heterocycles. The first kappa shape index (κ1) is 9.21. The molecule has 0 aliphatic carbocycles. The summed E-state index contributed by atoms with van der Waals surface area (Å²) in [7, 11) is 0. The highest BCUT2D eigenvalue weighted by Gasteiger charge is 1.88. The maximum absolute atomic E-state index is 4.17. The zero-order valence-electron chi connectivity index (χ0n) is 7.09. The molecule has 0 fully saturated rings. The van der Waals surface area contributed by atoms with Crippen LogP contribution in [-0.2, 0) is 0 Å². The van der Waals surface area contributed by atoms with Gasteiger partial charge in [-0.25, -0.2) is 0 Å². The maximum Gasteiger partial charge on any atom is 0.0493 e. The Hall–Kier alpha value is -0.790. The van der Waals surface area contributed by atoms with Crippen molar-refractivity contribution in [3.63, 3.8) is 0 Å². The lowest BCUT2D eigenvalue weighted by molar-refractivity contribution is 0.323. The van der Waals surface area contributed by atoms with Gasteiger partial charge < -0.3 is 0 Å². The van der Waals surface area contributed by atoms with Gasteiger partial charge in [-0.3, -0.25) is 5.01 Å². The van der Waals surface area contributed by atoms with E-state index in [1.165, 1.54) is 0 Å². The van der Waals surface area contributed by atoms with Gasteiger partial charge in [0.1, 0.15) is 0 Å². The van der Waals surface area contributed by atoms with Crippen LogP contribution in [0.25, 0.3) is 0 Å². The molecule has 0 rings (SSSR count). The Morgan fingerprint density at radius 2 is 2.00 bits per heavy atom. The third kappa shape index (κ3) is 4.13. The minimum atomic E-state index is 0.959. The van der Waals surface area contributed by atoms with Gasteiger partial charge in [0.15, 0.2) is 0 Å². The molecule has 2 heteroatoms. The molecule has 0 aromatic carbocycles. The van der Waals surface area contributed by atoms with Crippen molar-refractivity contribution < 1.29 is 0 Å². The van der Waals surface area contributed by atoms with E-state index in [9.17, 15) is 0 Å². The van der Waals surface area contributed by atoms with Gasteiger partial charge in [-0.15, -0.1) is 0 Å². The monoisotopic (exact) mass is 140 g/mol. The summed E-state index contributed by atoms with van der Waals surface area (Å²) < 4.78 is 0. The minimum absolute atomic E-state index is 0.959. The fraction of sp³-hybridized carbons (Fsp3) is 0.625. The average molecular weight is 140 g/mol. The van der Waals surface area contributed by atoms with E-state index in [0.717, 1.165) is 18.7 Å². The molecule has 10 heavy (non-hydrogen) atoms. The Morgan fingerprint density at radius 1 is 1.50 bits per heavy atom. The van der Waals surface area contributed by atoms with Gasteiger partial charge in [-0.2, -0.15) is 5.10 Å². The molecule has 0 aliphatic rings. The van der Waals surface area contributed by atoms with Crippen LogP contribution in [0.1, 0.15) is 20.8 Å². The first-order chi connectivity index (χ1) is 4.70. The highest BCUT2D eigenvalue weighted by molar-refractivity contribution is 5.76. The van der Waals surface area contributed by atoms with Crippen LogP contribution in [0, 0.1) is 0 Å². The highest BCUT2D eigenvalue weighted by atomic mass is 15.4. The molecule has 0 spiro atoms. The Labute approximate surface area is 63.2 Å². The summed E-state index contributed by atoms with van der Waals surface area (Å²) in [5.41, 5.74) is 0.992. The summed E-state index contributed by atoms with van der Waals surface area (Å²) in [6.45, 7) is 11.7. The zero-order chi connectivity index (χ0) is 7.98. The van der Waals surface area contributed by atoms with Crippen LogP contribution in [-0.4, -0.2) is 24.3 Å². The predicted molar refractivity (Wildman–Crippen MR) is 46.2 cm³/mol. The van der Waals surface area contributed by atoms with E-state index < -0.39 is 0 Å². The third-order valence-electron chi connectivity index (χ3n) is 1.17. The smallest absolute Gasteiger partial charge is 0.0493 e. The van der Waals surface area contributed by atoms with Crippen molar-refractivity contribution in [3.8, 4) is 0 Å². The molecule has 0 radical (unpaired) electrons. The molecule has 0 atom stereocenters. The summed E-state index contributed by atoms with van der Waals surface area (Å²) >= 11 is 0. The molecule has 0 N–H and O–H groups in total. The second-order valence-electron chi connectivity index (χ2n) is 2.23. The molecule has 0 amide bonds. The maximum atomic E-state index is 4.17. The van der Waals surface area contributed by atoms with E-state index in [4.69, 9.17) is 0 Å². The van der Waals surface area contributed by atoms with E-state index in [1.54, 1.807) is 6.21 Å². The topological polar surface area (TPSA) is 15.6 Å². The van der Waals surface area contributed by atoms with Gasteiger partial charge in [-0.05, 0) is 26.3 Å². The lowest BCUT2D eigenvalue weighted by atomic mass is 10.4. The molecule has 58 valence electrons. The second kappa shape index (κ2) is 5.03. The first-order valence-corrected chi connectivity index (χ1v) is 3.65. The van der Waals surface area contributed by atoms with E-state index in [1.807, 2.05) is 11.9 Å². The molecule has 0 bridgehead atoms. The second-order valence-corrected chi connectivity index (χ2v) is 2.23. The van der Waals surface area contributed by atoms with E-state index in [-0.39, 0.29) is 0 Å². The van der Waals surface area contributed by atoms with Gasteiger partial charge >= 0.3 is 0 Å². The standard InChI is InChI=1S/C8H16N2/c1-5-10(6-2)9-7-8(3)4/h7H,3,5-6H2,1-2,4H3/b9-7+. The SMILES string of the molecule is C=C(C)/C=N/N(CC)CC. The summed E-state index contributed by atoms with van der Waals surface area (Å²) in [6, 6.07) is 0. The molecule has 0 saturated carbocycles. The lowest BCUT2D eigenvalue weighted by Gasteiger charge is -2.12. The van der Waals surface area contributed by atoms with Crippen LogP contribution < -0.4 is 0 Å². The molecule has 0 aliphatic heterocycles. The Balaban J connectivity index is 3.72. The Kier molecular flexibility index (Phi) is 4.63. The Bertz CT molecular complexity index is 123. The summed E-state index contributed by atoms with van der Waals surface area (Å²) in [4.78, 5) is 0. The summed E-state index contributed by atoms with van der Waals surface area (Å²) in [5.74, 6) is 0. The van der Waals surface area contributed by atoms with Crippen LogP contribution >= 0.6 is 0 Å². The predicted octanol–water partition coefficient (Wildman–Crippen LogP) is 1.89. The quantitative estimate of drug-likeness (QED) is 0.430. The van der Waals surface area contributed by atoms with Crippen LogP contribution in [0.4, 0.5) is 0 Å². The van der Waals surface area contributed by atoms with Crippen LogP contribution in [0.15, 0.2) is 17.3 Å². The van der Waals surface area contributed by atoms with Crippen LogP contribution in [0.5, 0.6) is 0 Å². The summed E-state index contributed by atoms with van der Waals surface area (Å²) in [6.07, 6.45) is 1.78. The molecular weight excluding hydrogens is 124 g/mol. The molecule has 2 nitrogen and oxygen atoms in total. The van der Waals surface area contributed by atoms with Crippen molar-refractivity contribution >= 4 is 6.21 Å². The van der Waals surface area contributed by atoms with Crippen molar-refractivity contribution in [2.24, 2.45) is 5.10 Å². The van der Waals surface area contributed by atoms with Crippen molar-refractivity contribution in [1.29, 1.82) is 0 Å². The van der Waals surface area contributed by atoms with E-state index >= 15 is 0 Å². The number of hydrazone groups is 1. The third-order valence-corrected chi connectivity index (χ3v) is 1.17. The van der Waals surface area contributed by atoms with E-state index in [0.29, 0.717) is 0 Å². The van der Waals surface area contributed by atoms with Crippen molar-refractivity contribution in [1.82, 2.24) is 5.01 Å². The normalized spacial score (nSPS) is 10.3.